The second-order valence-corrected chi connectivity index (χ2v) is 5.19. The van der Waals surface area contributed by atoms with Crippen LogP contribution in [0, 0.1) is 5.41 Å². The van der Waals surface area contributed by atoms with Crippen LogP contribution in [-0.4, -0.2) is 37.6 Å². The zero-order valence-corrected chi connectivity index (χ0v) is 9.47. The minimum absolute atomic E-state index is 0.634. The van der Waals surface area contributed by atoms with Gasteiger partial charge in [-0.2, -0.15) is 0 Å². The lowest BCUT2D eigenvalue weighted by molar-refractivity contribution is 0.292. The molecule has 0 bridgehead atoms. The van der Waals surface area contributed by atoms with Crippen molar-refractivity contribution in [3.05, 3.63) is 11.6 Å². The summed E-state index contributed by atoms with van der Waals surface area (Å²) >= 11 is 0. The van der Waals surface area contributed by atoms with Crippen LogP contribution in [0.15, 0.2) is 11.6 Å². The van der Waals surface area contributed by atoms with Gasteiger partial charge in [-0.05, 0) is 45.2 Å². The third kappa shape index (κ3) is 2.18. The fourth-order valence-electron chi connectivity index (χ4n) is 2.64. The molecule has 0 aromatic carbocycles. The zero-order valence-electron chi connectivity index (χ0n) is 9.47. The lowest BCUT2D eigenvalue weighted by atomic mass is 9.87. The Morgan fingerprint density at radius 3 is 2.93 bits per heavy atom. The first kappa shape index (κ1) is 10.2. The summed E-state index contributed by atoms with van der Waals surface area (Å²) in [4.78, 5) is 2.60. The average molecular weight is 194 g/mol. The topological polar surface area (TPSA) is 15.3 Å². The second kappa shape index (κ2) is 4.03. The Hall–Kier alpha value is -0.340. The molecular weight excluding hydrogens is 172 g/mol. The van der Waals surface area contributed by atoms with Gasteiger partial charge in [0.25, 0.3) is 0 Å². The van der Waals surface area contributed by atoms with E-state index >= 15 is 0 Å². The highest BCUT2D eigenvalue weighted by molar-refractivity contribution is 5.00. The van der Waals surface area contributed by atoms with Gasteiger partial charge >= 0.3 is 0 Å². The zero-order chi connectivity index (χ0) is 10.0. The van der Waals surface area contributed by atoms with Crippen molar-refractivity contribution in [1.82, 2.24) is 10.2 Å². The van der Waals surface area contributed by atoms with Crippen molar-refractivity contribution in [1.29, 1.82) is 0 Å². The summed E-state index contributed by atoms with van der Waals surface area (Å²) in [7, 11) is 0. The molecule has 0 aromatic rings. The molecule has 2 aliphatic rings. The molecule has 2 heterocycles. The molecule has 2 aliphatic heterocycles. The average Bonchev–Trinajstić information content (AvgIpc) is 2.74. The molecule has 2 rings (SSSR count). The summed E-state index contributed by atoms with van der Waals surface area (Å²) in [6.45, 7) is 10.6. The van der Waals surface area contributed by atoms with Gasteiger partial charge in [0, 0.05) is 19.6 Å². The molecule has 1 unspecified atom stereocenters. The van der Waals surface area contributed by atoms with Crippen molar-refractivity contribution in [3.8, 4) is 0 Å². The SMILES string of the molecule is CC(C)=CCN1CCC2(CCNC2)C1. The van der Waals surface area contributed by atoms with E-state index in [4.69, 9.17) is 0 Å². The monoisotopic (exact) mass is 194 g/mol. The molecule has 14 heavy (non-hydrogen) atoms. The second-order valence-electron chi connectivity index (χ2n) is 5.19. The molecular formula is C12H22N2. The highest BCUT2D eigenvalue weighted by atomic mass is 15.2. The summed E-state index contributed by atoms with van der Waals surface area (Å²) in [6, 6.07) is 0. The number of hydrogen-bond donors (Lipinski definition) is 1. The summed E-state index contributed by atoms with van der Waals surface area (Å²) in [5.74, 6) is 0. The van der Waals surface area contributed by atoms with E-state index in [2.05, 4.69) is 30.1 Å². The number of likely N-dealkylation sites (tertiary alicyclic amines) is 1. The maximum Gasteiger partial charge on any atom is 0.0165 e. The molecule has 0 radical (unpaired) electrons. The Morgan fingerprint density at radius 2 is 2.29 bits per heavy atom. The lowest BCUT2D eigenvalue weighted by Gasteiger charge is -2.22. The van der Waals surface area contributed by atoms with Crippen molar-refractivity contribution >= 4 is 0 Å². The van der Waals surface area contributed by atoms with Crippen molar-refractivity contribution < 1.29 is 0 Å². The first-order chi connectivity index (χ1) is 6.70. The van der Waals surface area contributed by atoms with Crippen LogP contribution in [0.4, 0.5) is 0 Å². The number of rotatable bonds is 2. The van der Waals surface area contributed by atoms with E-state index < -0.39 is 0 Å². The Morgan fingerprint density at radius 1 is 1.43 bits per heavy atom. The number of hydrogen-bond acceptors (Lipinski definition) is 2. The molecule has 80 valence electrons. The van der Waals surface area contributed by atoms with Gasteiger partial charge in [0.2, 0.25) is 0 Å². The molecule has 0 aliphatic carbocycles. The lowest BCUT2D eigenvalue weighted by Crippen LogP contribution is -2.29. The van der Waals surface area contributed by atoms with Gasteiger partial charge in [0.15, 0.2) is 0 Å². The Kier molecular flexibility index (Phi) is 2.93. The van der Waals surface area contributed by atoms with Crippen molar-refractivity contribution in [2.75, 3.05) is 32.7 Å². The van der Waals surface area contributed by atoms with Crippen LogP contribution in [-0.2, 0) is 0 Å². The summed E-state index contributed by atoms with van der Waals surface area (Å²) in [6.07, 6.45) is 5.14. The van der Waals surface area contributed by atoms with Gasteiger partial charge in [0.1, 0.15) is 0 Å². The van der Waals surface area contributed by atoms with Crippen LogP contribution in [0.3, 0.4) is 0 Å². The van der Waals surface area contributed by atoms with Crippen molar-refractivity contribution in [2.45, 2.75) is 26.7 Å². The third-order valence-electron chi connectivity index (χ3n) is 3.61. The van der Waals surface area contributed by atoms with Gasteiger partial charge in [0.05, 0.1) is 0 Å². The molecule has 2 saturated heterocycles. The molecule has 0 aromatic heterocycles. The van der Waals surface area contributed by atoms with Crippen LogP contribution in [0.25, 0.3) is 0 Å². The Bertz CT molecular complexity index is 222. The summed E-state index contributed by atoms with van der Waals surface area (Å²) in [5.41, 5.74) is 2.07. The van der Waals surface area contributed by atoms with E-state index in [0.29, 0.717) is 5.41 Å². The highest BCUT2D eigenvalue weighted by Gasteiger charge is 2.39. The number of nitrogens with zero attached hydrogens (tertiary/aromatic N) is 1. The molecule has 1 N–H and O–H groups in total. The smallest absolute Gasteiger partial charge is 0.0165 e. The molecule has 2 fully saturated rings. The Labute approximate surface area is 87.4 Å². The maximum atomic E-state index is 3.50. The number of nitrogens with one attached hydrogen (secondary N) is 1. The van der Waals surface area contributed by atoms with Gasteiger partial charge in [-0.15, -0.1) is 0 Å². The third-order valence-corrected chi connectivity index (χ3v) is 3.61. The summed E-state index contributed by atoms with van der Waals surface area (Å²) < 4.78 is 0. The standard InChI is InChI=1S/C12H22N2/c1-11(2)3-7-14-8-5-12(10-14)4-6-13-9-12/h3,13H,4-10H2,1-2H3. The van der Waals surface area contributed by atoms with E-state index in [9.17, 15) is 0 Å². The minimum Gasteiger partial charge on any atom is -0.316 e. The van der Waals surface area contributed by atoms with E-state index in [1.165, 1.54) is 44.6 Å². The summed E-state index contributed by atoms with van der Waals surface area (Å²) in [5, 5.41) is 3.50. The quantitative estimate of drug-likeness (QED) is 0.672. The van der Waals surface area contributed by atoms with Crippen LogP contribution in [0.2, 0.25) is 0 Å². The molecule has 0 saturated carbocycles. The van der Waals surface area contributed by atoms with E-state index in [-0.39, 0.29) is 0 Å². The van der Waals surface area contributed by atoms with E-state index in [1.807, 2.05) is 0 Å². The van der Waals surface area contributed by atoms with Crippen molar-refractivity contribution in [2.24, 2.45) is 5.41 Å². The molecule has 0 amide bonds. The van der Waals surface area contributed by atoms with Gasteiger partial charge in [-0.1, -0.05) is 11.6 Å². The molecule has 2 nitrogen and oxygen atoms in total. The minimum atomic E-state index is 0.634. The van der Waals surface area contributed by atoms with E-state index in [0.717, 1.165) is 6.54 Å². The molecule has 2 heteroatoms. The number of allylic oxidation sites excluding steroid dienone is 1. The van der Waals surface area contributed by atoms with E-state index in [1.54, 1.807) is 0 Å². The first-order valence-electron chi connectivity index (χ1n) is 5.77. The highest BCUT2D eigenvalue weighted by Crippen LogP contribution is 2.35. The van der Waals surface area contributed by atoms with Crippen LogP contribution >= 0.6 is 0 Å². The maximum absolute atomic E-state index is 3.50. The largest absolute Gasteiger partial charge is 0.316 e. The predicted molar refractivity (Wildman–Crippen MR) is 60.4 cm³/mol. The Balaban J connectivity index is 1.85. The van der Waals surface area contributed by atoms with Crippen LogP contribution in [0.5, 0.6) is 0 Å². The van der Waals surface area contributed by atoms with Crippen LogP contribution in [0.1, 0.15) is 26.7 Å². The fourth-order valence-corrected chi connectivity index (χ4v) is 2.64. The van der Waals surface area contributed by atoms with Gasteiger partial charge in [-0.3, -0.25) is 4.90 Å². The molecule has 1 atom stereocenters. The normalized spacial score (nSPS) is 32.7. The van der Waals surface area contributed by atoms with Crippen LogP contribution < -0.4 is 5.32 Å². The molecule has 1 spiro atoms. The van der Waals surface area contributed by atoms with Gasteiger partial charge in [-0.25, -0.2) is 0 Å². The predicted octanol–water partition coefficient (Wildman–Crippen LogP) is 1.64. The van der Waals surface area contributed by atoms with Crippen molar-refractivity contribution in [3.63, 3.8) is 0 Å². The van der Waals surface area contributed by atoms with Gasteiger partial charge < -0.3 is 5.32 Å². The first-order valence-corrected chi connectivity index (χ1v) is 5.77. The fraction of sp³-hybridized carbons (Fsp3) is 0.833.